The van der Waals surface area contributed by atoms with Gasteiger partial charge in [-0.1, -0.05) is 6.92 Å². The molecule has 94 valence electrons. The number of aromatic nitrogens is 1. The first-order valence-electron chi connectivity index (χ1n) is 6.44. The summed E-state index contributed by atoms with van der Waals surface area (Å²) in [5.41, 5.74) is 0.704. The number of aromatic amines is 1. The van der Waals surface area contributed by atoms with Crippen molar-refractivity contribution in [1.82, 2.24) is 15.2 Å². The standard InChI is InChI=1S/C13H21N3O/c1-2-14-10-11-5-8-16(9-6-11)13(17)12-4-3-7-15-12/h3-4,7,11,14-15H,2,5-6,8-10H2,1H3. The number of hydrogen-bond donors (Lipinski definition) is 2. The van der Waals surface area contributed by atoms with Gasteiger partial charge in [0.2, 0.25) is 0 Å². The highest BCUT2D eigenvalue weighted by Gasteiger charge is 2.23. The van der Waals surface area contributed by atoms with Crippen molar-refractivity contribution in [3.63, 3.8) is 0 Å². The van der Waals surface area contributed by atoms with E-state index in [0.717, 1.165) is 44.9 Å². The van der Waals surface area contributed by atoms with Crippen LogP contribution in [0, 0.1) is 5.92 Å². The number of carbonyl (C=O) groups excluding carboxylic acids is 1. The lowest BCUT2D eigenvalue weighted by Crippen LogP contribution is -2.40. The molecule has 17 heavy (non-hydrogen) atoms. The molecule has 0 saturated carbocycles. The van der Waals surface area contributed by atoms with E-state index in [0.29, 0.717) is 5.69 Å². The zero-order chi connectivity index (χ0) is 12.1. The number of rotatable bonds is 4. The second-order valence-electron chi connectivity index (χ2n) is 4.63. The molecule has 1 aliphatic heterocycles. The summed E-state index contributed by atoms with van der Waals surface area (Å²) in [4.78, 5) is 17.0. The van der Waals surface area contributed by atoms with Gasteiger partial charge in [0.25, 0.3) is 5.91 Å². The van der Waals surface area contributed by atoms with Crippen LogP contribution in [0.5, 0.6) is 0 Å². The summed E-state index contributed by atoms with van der Waals surface area (Å²) < 4.78 is 0. The van der Waals surface area contributed by atoms with Gasteiger partial charge >= 0.3 is 0 Å². The normalized spacial score (nSPS) is 17.4. The van der Waals surface area contributed by atoms with Gasteiger partial charge in [0, 0.05) is 19.3 Å². The molecule has 2 rings (SSSR count). The fourth-order valence-corrected chi connectivity index (χ4v) is 2.32. The van der Waals surface area contributed by atoms with E-state index in [1.807, 2.05) is 17.0 Å². The molecule has 0 unspecified atom stereocenters. The van der Waals surface area contributed by atoms with Gasteiger partial charge in [-0.15, -0.1) is 0 Å². The number of amides is 1. The van der Waals surface area contributed by atoms with E-state index in [1.54, 1.807) is 6.20 Å². The summed E-state index contributed by atoms with van der Waals surface area (Å²) >= 11 is 0. The summed E-state index contributed by atoms with van der Waals surface area (Å²) in [6.45, 7) is 6.01. The van der Waals surface area contributed by atoms with E-state index < -0.39 is 0 Å². The first-order valence-corrected chi connectivity index (χ1v) is 6.44. The highest BCUT2D eigenvalue weighted by atomic mass is 16.2. The number of carbonyl (C=O) groups is 1. The lowest BCUT2D eigenvalue weighted by Gasteiger charge is -2.31. The second kappa shape index (κ2) is 5.87. The third-order valence-electron chi connectivity index (χ3n) is 3.41. The Morgan fingerprint density at radius 3 is 2.88 bits per heavy atom. The van der Waals surface area contributed by atoms with Crippen LogP contribution in [-0.4, -0.2) is 42.0 Å². The van der Waals surface area contributed by atoms with Crippen molar-refractivity contribution >= 4 is 5.91 Å². The summed E-state index contributed by atoms with van der Waals surface area (Å²) in [7, 11) is 0. The summed E-state index contributed by atoms with van der Waals surface area (Å²) in [6.07, 6.45) is 4.02. The van der Waals surface area contributed by atoms with Gasteiger partial charge in [0.1, 0.15) is 5.69 Å². The van der Waals surface area contributed by atoms with Crippen molar-refractivity contribution in [3.05, 3.63) is 24.0 Å². The van der Waals surface area contributed by atoms with Gasteiger partial charge in [0.15, 0.2) is 0 Å². The maximum atomic E-state index is 12.1. The van der Waals surface area contributed by atoms with Gasteiger partial charge in [-0.05, 0) is 44.0 Å². The van der Waals surface area contributed by atoms with Crippen LogP contribution >= 0.6 is 0 Å². The predicted octanol–water partition coefficient (Wildman–Crippen LogP) is 1.48. The quantitative estimate of drug-likeness (QED) is 0.830. The van der Waals surface area contributed by atoms with E-state index in [1.165, 1.54) is 0 Å². The van der Waals surface area contributed by atoms with E-state index in [4.69, 9.17) is 0 Å². The molecule has 1 aromatic heterocycles. The molecule has 0 aliphatic carbocycles. The number of H-pyrrole nitrogens is 1. The van der Waals surface area contributed by atoms with Crippen molar-refractivity contribution in [3.8, 4) is 0 Å². The first kappa shape index (κ1) is 12.2. The van der Waals surface area contributed by atoms with E-state index in [-0.39, 0.29) is 5.91 Å². The van der Waals surface area contributed by atoms with Gasteiger partial charge in [-0.25, -0.2) is 0 Å². The third kappa shape index (κ3) is 3.09. The Labute approximate surface area is 102 Å². The molecule has 1 fully saturated rings. The van der Waals surface area contributed by atoms with E-state index >= 15 is 0 Å². The van der Waals surface area contributed by atoms with Gasteiger partial charge in [-0.2, -0.15) is 0 Å². The zero-order valence-electron chi connectivity index (χ0n) is 10.4. The molecule has 0 radical (unpaired) electrons. The lowest BCUT2D eigenvalue weighted by atomic mass is 9.96. The van der Waals surface area contributed by atoms with Crippen LogP contribution in [0.25, 0.3) is 0 Å². The second-order valence-corrected chi connectivity index (χ2v) is 4.63. The molecule has 0 aromatic carbocycles. The smallest absolute Gasteiger partial charge is 0.270 e. The molecule has 1 amide bonds. The minimum absolute atomic E-state index is 0.136. The molecule has 1 aliphatic rings. The minimum atomic E-state index is 0.136. The number of piperidine rings is 1. The Morgan fingerprint density at radius 1 is 1.53 bits per heavy atom. The molecule has 0 spiro atoms. The maximum Gasteiger partial charge on any atom is 0.270 e. The van der Waals surface area contributed by atoms with Crippen LogP contribution in [0.1, 0.15) is 30.3 Å². The Balaban J connectivity index is 1.81. The van der Waals surface area contributed by atoms with Crippen molar-refractivity contribution in [1.29, 1.82) is 0 Å². The van der Waals surface area contributed by atoms with Crippen LogP contribution in [0.4, 0.5) is 0 Å². The Morgan fingerprint density at radius 2 is 2.29 bits per heavy atom. The largest absolute Gasteiger partial charge is 0.357 e. The van der Waals surface area contributed by atoms with Crippen LogP contribution in [0.15, 0.2) is 18.3 Å². The molecular weight excluding hydrogens is 214 g/mol. The topological polar surface area (TPSA) is 48.1 Å². The maximum absolute atomic E-state index is 12.1. The van der Waals surface area contributed by atoms with Gasteiger partial charge < -0.3 is 15.2 Å². The number of likely N-dealkylation sites (tertiary alicyclic amines) is 1. The number of nitrogens with zero attached hydrogens (tertiary/aromatic N) is 1. The third-order valence-corrected chi connectivity index (χ3v) is 3.41. The SMILES string of the molecule is CCNCC1CCN(C(=O)c2ccc[nH]2)CC1. The highest BCUT2D eigenvalue weighted by molar-refractivity contribution is 5.92. The fourth-order valence-electron chi connectivity index (χ4n) is 2.32. The monoisotopic (exact) mass is 235 g/mol. The Kier molecular flexibility index (Phi) is 4.20. The van der Waals surface area contributed by atoms with Crippen LogP contribution in [-0.2, 0) is 0 Å². The first-order chi connectivity index (χ1) is 8.31. The van der Waals surface area contributed by atoms with Crippen molar-refractivity contribution in [2.45, 2.75) is 19.8 Å². The molecule has 2 heterocycles. The average molecular weight is 235 g/mol. The van der Waals surface area contributed by atoms with Gasteiger partial charge in [-0.3, -0.25) is 4.79 Å². The highest BCUT2D eigenvalue weighted by Crippen LogP contribution is 2.17. The molecule has 2 N–H and O–H groups in total. The Bertz CT molecular complexity index is 340. The Hall–Kier alpha value is -1.29. The summed E-state index contributed by atoms with van der Waals surface area (Å²) in [5.74, 6) is 0.861. The number of nitrogens with one attached hydrogen (secondary N) is 2. The molecule has 1 aromatic rings. The predicted molar refractivity (Wildman–Crippen MR) is 68.0 cm³/mol. The zero-order valence-corrected chi connectivity index (χ0v) is 10.4. The van der Waals surface area contributed by atoms with Crippen molar-refractivity contribution in [2.24, 2.45) is 5.92 Å². The lowest BCUT2D eigenvalue weighted by molar-refractivity contribution is 0.0685. The van der Waals surface area contributed by atoms with Crippen LogP contribution in [0.2, 0.25) is 0 Å². The van der Waals surface area contributed by atoms with E-state index in [2.05, 4.69) is 17.2 Å². The molecule has 0 atom stereocenters. The molecule has 4 heteroatoms. The minimum Gasteiger partial charge on any atom is -0.357 e. The molecule has 0 bridgehead atoms. The van der Waals surface area contributed by atoms with Crippen molar-refractivity contribution < 1.29 is 4.79 Å². The summed E-state index contributed by atoms with van der Waals surface area (Å²) in [5, 5.41) is 3.38. The molecular formula is C13H21N3O. The number of hydrogen-bond acceptors (Lipinski definition) is 2. The van der Waals surface area contributed by atoms with Crippen molar-refractivity contribution in [2.75, 3.05) is 26.2 Å². The van der Waals surface area contributed by atoms with E-state index in [9.17, 15) is 4.79 Å². The molecule has 1 saturated heterocycles. The van der Waals surface area contributed by atoms with Crippen LogP contribution in [0.3, 0.4) is 0 Å². The fraction of sp³-hybridized carbons (Fsp3) is 0.615. The molecule has 4 nitrogen and oxygen atoms in total. The summed E-state index contributed by atoms with van der Waals surface area (Å²) in [6, 6.07) is 3.71. The van der Waals surface area contributed by atoms with Crippen LogP contribution < -0.4 is 5.32 Å². The van der Waals surface area contributed by atoms with Gasteiger partial charge in [0.05, 0.1) is 0 Å². The average Bonchev–Trinajstić information content (AvgIpc) is 2.90.